The van der Waals surface area contributed by atoms with Gasteiger partial charge in [-0.05, 0) is 30.7 Å². The molecule has 108 valence electrons. The molecule has 0 fully saturated rings. The van der Waals surface area contributed by atoms with Gasteiger partial charge >= 0.3 is 0 Å². The molecule has 0 saturated carbocycles. The highest BCUT2D eigenvalue weighted by molar-refractivity contribution is 6.17. The Labute approximate surface area is 126 Å². The van der Waals surface area contributed by atoms with Crippen LogP contribution in [0, 0.1) is 12.7 Å². The molecular weight excluding hydrogens is 291 g/mol. The molecule has 0 unspecified atom stereocenters. The van der Waals surface area contributed by atoms with E-state index in [1.165, 1.54) is 6.07 Å². The lowest BCUT2D eigenvalue weighted by Gasteiger charge is -2.11. The van der Waals surface area contributed by atoms with E-state index in [1.807, 2.05) is 25.1 Å². The minimum Gasteiger partial charge on any atom is -0.497 e. The molecule has 0 aliphatic rings. The van der Waals surface area contributed by atoms with Gasteiger partial charge in [-0.1, -0.05) is 12.1 Å². The summed E-state index contributed by atoms with van der Waals surface area (Å²) in [5, 5.41) is 0. The first-order valence-corrected chi connectivity index (χ1v) is 7.06. The Kier molecular flexibility index (Phi) is 3.55. The van der Waals surface area contributed by atoms with Crippen LogP contribution in [0.25, 0.3) is 16.7 Å². The fraction of sp³-hybridized carbons (Fsp3) is 0.188. The molecule has 1 aromatic heterocycles. The number of nitrogens with zero attached hydrogens (tertiary/aromatic N) is 2. The first-order valence-electron chi connectivity index (χ1n) is 6.52. The van der Waals surface area contributed by atoms with Crippen molar-refractivity contribution in [2.45, 2.75) is 12.8 Å². The third kappa shape index (κ3) is 2.25. The molecule has 3 nitrogen and oxygen atoms in total. The first kappa shape index (κ1) is 13.9. The molecular formula is C16H14ClFN2O. The molecule has 0 saturated heterocycles. The average Bonchev–Trinajstić information content (AvgIpc) is 2.88. The molecule has 3 aromatic rings. The van der Waals surface area contributed by atoms with E-state index >= 15 is 0 Å². The fourth-order valence-electron chi connectivity index (χ4n) is 2.44. The number of methoxy groups -OCH3 is 1. The molecule has 1 heterocycles. The van der Waals surface area contributed by atoms with Crippen LogP contribution in [0.5, 0.6) is 5.75 Å². The largest absolute Gasteiger partial charge is 0.497 e. The van der Waals surface area contributed by atoms with Gasteiger partial charge in [-0.25, -0.2) is 9.37 Å². The smallest absolute Gasteiger partial charge is 0.147 e. The number of hydrogen-bond acceptors (Lipinski definition) is 2. The van der Waals surface area contributed by atoms with Crippen LogP contribution in [0.2, 0.25) is 0 Å². The highest BCUT2D eigenvalue weighted by Gasteiger charge is 2.16. The summed E-state index contributed by atoms with van der Waals surface area (Å²) < 4.78 is 21.2. The summed E-state index contributed by atoms with van der Waals surface area (Å²) in [7, 11) is 1.55. The second-order valence-electron chi connectivity index (χ2n) is 4.76. The second-order valence-corrected chi connectivity index (χ2v) is 5.02. The quantitative estimate of drug-likeness (QED) is 0.677. The summed E-state index contributed by atoms with van der Waals surface area (Å²) in [6, 6.07) is 10.4. The summed E-state index contributed by atoms with van der Waals surface area (Å²) in [6.45, 7) is 1.97. The molecule has 0 N–H and O–H groups in total. The van der Waals surface area contributed by atoms with E-state index in [2.05, 4.69) is 4.98 Å². The number of aryl methyl sites for hydroxylation is 1. The number of rotatable bonds is 3. The third-order valence-corrected chi connectivity index (χ3v) is 3.71. The Balaban J connectivity index is 2.36. The Morgan fingerprint density at radius 1 is 1.29 bits per heavy atom. The van der Waals surface area contributed by atoms with Crippen LogP contribution < -0.4 is 4.74 Å². The van der Waals surface area contributed by atoms with Crippen molar-refractivity contribution in [2.24, 2.45) is 0 Å². The molecule has 0 spiro atoms. The maximum Gasteiger partial charge on any atom is 0.147 e. The van der Waals surface area contributed by atoms with Crippen molar-refractivity contribution in [1.29, 1.82) is 0 Å². The normalized spacial score (nSPS) is 11.0. The van der Waals surface area contributed by atoms with Gasteiger partial charge < -0.3 is 4.74 Å². The summed E-state index contributed by atoms with van der Waals surface area (Å²) in [6.07, 6.45) is 0. The van der Waals surface area contributed by atoms with Crippen molar-refractivity contribution in [3.8, 4) is 11.4 Å². The minimum atomic E-state index is -0.344. The molecule has 3 rings (SSSR count). The lowest BCUT2D eigenvalue weighted by molar-refractivity contribution is 0.413. The summed E-state index contributed by atoms with van der Waals surface area (Å²) in [4.78, 5) is 4.53. The van der Waals surface area contributed by atoms with Gasteiger partial charge in [0.15, 0.2) is 0 Å². The van der Waals surface area contributed by atoms with Crippen molar-refractivity contribution in [3.05, 3.63) is 53.6 Å². The van der Waals surface area contributed by atoms with E-state index in [1.54, 1.807) is 23.8 Å². The summed E-state index contributed by atoms with van der Waals surface area (Å²) >= 11 is 5.99. The standard InChI is InChI=1S/C16H14ClFN2O/c1-10-4-3-5-13-16(10)19-15(9-17)20(13)14-8-11(21-2)6-7-12(14)18/h3-8H,9H2,1-2H3. The van der Waals surface area contributed by atoms with Gasteiger partial charge in [-0.2, -0.15) is 0 Å². The Morgan fingerprint density at radius 3 is 2.81 bits per heavy atom. The maximum atomic E-state index is 14.3. The lowest BCUT2D eigenvalue weighted by atomic mass is 10.2. The number of imidazole rings is 1. The number of ether oxygens (including phenoxy) is 1. The molecule has 2 aromatic carbocycles. The molecule has 21 heavy (non-hydrogen) atoms. The Bertz CT molecular complexity index is 813. The highest BCUT2D eigenvalue weighted by atomic mass is 35.5. The van der Waals surface area contributed by atoms with Crippen LogP contribution in [0.4, 0.5) is 4.39 Å². The fourth-order valence-corrected chi connectivity index (χ4v) is 2.62. The first-order chi connectivity index (χ1) is 10.2. The van der Waals surface area contributed by atoms with E-state index in [-0.39, 0.29) is 11.7 Å². The summed E-state index contributed by atoms with van der Waals surface area (Å²) in [5.74, 6) is 1.04. The van der Waals surface area contributed by atoms with Crippen LogP contribution in [0.3, 0.4) is 0 Å². The lowest BCUT2D eigenvalue weighted by Crippen LogP contribution is -2.02. The zero-order valence-corrected chi connectivity index (χ0v) is 12.5. The van der Waals surface area contributed by atoms with Crippen molar-refractivity contribution >= 4 is 22.6 Å². The summed E-state index contributed by atoms with van der Waals surface area (Å²) in [5.41, 5.74) is 3.08. The number of para-hydroxylation sites is 1. The van der Waals surface area contributed by atoms with E-state index in [9.17, 15) is 4.39 Å². The van der Waals surface area contributed by atoms with Crippen LogP contribution in [0.15, 0.2) is 36.4 Å². The molecule has 0 aliphatic heterocycles. The van der Waals surface area contributed by atoms with Gasteiger partial charge in [0.05, 0.1) is 29.7 Å². The Hall–Kier alpha value is -2.07. The topological polar surface area (TPSA) is 27.1 Å². The van der Waals surface area contributed by atoms with E-state index < -0.39 is 0 Å². The zero-order chi connectivity index (χ0) is 15.0. The number of fused-ring (bicyclic) bond motifs is 1. The van der Waals surface area contributed by atoms with Crippen LogP contribution >= 0.6 is 11.6 Å². The molecule has 0 bridgehead atoms. The van der Waals surface area contributed by atoms with E-state index in [0.717, 1.165) is 16.6 Å². The van der Waals surface area contributed by atoms with Gasteiger partial charge in [0.1, 0.15) is 17.4 Å². The van der Waals surface area contributed by atoms with Crippen molar-refractivity contribution < 1.29 is 9.13 Å². The number of alkyl halides is 1. The number of halogens is 2. The Morgan fingerprint density at radius 2 is 2.10 bits per heavy atom. The van der Waals surface area contributed by atoms with Crippen molar-refractivity contribution in [1.82, 2.24) is 9.55 Å². The van der Waals surface area contributed by atoms with Crippen LogP contribution in [-0.4, -0.2) is 16.7 Å². The van der Waals surface area contributed by atoms with Gasteiger partial charge in [0.2, 0.25) is 0 Å². The van der Waals surface area contributed by atoms with Gasteiger partial charge in [0.25, 0.3) is 0 Å². The predicted octanol–water partition coefficient (Wildman–Crippen LogP) is 4.22. The maximum absolute atomic E-state index is 14.3. The van der Waals surface area contributed by atoms with Gasteiger partial charge in [-0.3, -0.25) is 4.57 Å². The average molecular weight is 305 g/mol. The zero-order valence-electron chi connectivity index (χ0n) is 11.7. The van der Waals surface area contributed by atoms with Crippen molar-refractivity contribution in [2.75, 3.05) is 7.11 Å². The number of hydrogen-bond donors (Lipinski definition) is 0. The van der Waals surface area contributed by atoms with Gasteiger partial charge in [-0.15, -0.1) is 11.6 Å². The third-order valence-electron chi connectivity index (χ3n) is 3.47. The molecule has 0 amide bonds. The molecule has 0 atom stereocenters. The number of benzene rings is 2. The molecule has 0 aliphatic carbocycles. The minimum absolute atomic E-state index is 0.199. The molecule has 5 heteroatoms. The second kappa shape index (κ2) is 5.37. The predicted molar refractivity (Wildman–Crippen MR) is 81.9 cm³/mol. The van der Waals surface area contributed by atoms with Gasteiger partial charge in [0, 0.05) is 6.07 Å². The highest BCUT2D eigenvalue weighted by Crippen LogP contribution is 2.28. The van der Waals surface area contributed by atoms with E-state index in [4.69, 9.17) is 16.3 Å². The molecule has 0 radical (unpaired) electrons. The van der Waals surface area contributed by atoms with E-state index in [0.29, 0.717) is 17.3 Å². The SMILES string of the molecule is COc1ccc(F)c(-n2c(CCl)nc3c(C)cccc32)c1. The monoisotopic (exact) mass is 304 g/mol. The van der Waals surface area contributed by atoms with Crippen LogP contribution in [0.1, 0.15) is 11.4 Å². The van der Waals surface area contributed by atoms with Crippen LogP contribution in [-0.2, 0) is 5.88 Å². The number of aromatic nitrogens is 2. The van der Waals surface area contributed by atoms with Crippen molar-refractivity contribution in [3.63, 3.8) is 0 Å².